The van der Waals surface area contributed by atoms with Crippen molar-refractivity contribution in [2.45, 2.75) is 46.9 Å². The van der Waals surface area contributed by atoms with Crippen LogP contribution in [0.4, 0.5) is 13.2 Å². The fourth-order valence-electron chi connectivity index (χ4n) is 3.89. The number of nitrogens with zero attached hydrogens (tertiary/aromatic N) is 3. The highest BCUT2D eigenvalue weighted by molar-refractivity contribution is 7.13. The molecule has 0 radical (unpaired) electrons. The summed E-state index contributed by atoms with van der Waals surface area (Å²) in [6, 6.07) is 10.4. The highest BCUT2D eigenvalue weighted by Crippen LogP contribution is 2.38. The smallest absolute Gasteiger partial charge is 0.431 e. The van der Waals surface area contributed by atoms with Gasteiger partial charge in [0.2, 0.25) is 0 Å². The summed E-state index contributed by atoms with van der Waals surface area (Å²) >= 11 is 1.16. The van der Waals surface area contributed by atoms with Gasteiger partial charge in [0.1, 0.15) is 17.5 Å². The van der Waals surface area contributed by atoms with Crippen LogP contribution >= 0.6 is 11.5 Å². The van der Waals surface area contributed by atoms with Crippen LogP contribution in [0.15, 0.2) is 52.1 Å². The third-order valence-corrected chi connectivity index (χ3v) is 7.41. The first kappa shape index (κ1) is 29.1. The molecule has 0 amide bonds. The molecule has 0 spiro atoms. The molecule has 2 aromatic carbocycles. The lowest BCUT2D eigenvalue weighted by Crippen LogP contribution is -2.40. The summed E-state index contributed by atoms with van der Waals surface area (Å²) in [5.74, 6) is -0.164. The Hall–Kier alpha value is -3.93. The molecule has 40 heavy (non-hydrogen) atoms. The number of carbonyl (C=O) groups excluding carboxylic acids is 1. The minimum atomic E-state index is -4.86. The number of ether oxygens (including phenoxy) is 2. The fraction of sp³-hybridized carbons (Fsp3) is 0.357. The van der Waals surface area contributed by atoms with Gasteiger partial charge in [-0.2, -0.15) is 17.5 Å². The fourth-order valence-corrected chi connectivity index (χ4v) is 4.66. The maximum Gasteiger partial charge on any atom is 0.431 e. The van der Waals surface area contributed by atoms with E-state index in [0.717, 1.165) is 24.1 Å². The summed E-state index contributed by atoms with van der Waals surface area (Å²) in [4.78, 5) is 37.9. The maximum absolute atomic E-state index is 13.3. The molecule has 0 N–H and O–H groups in total. The van der Waals surface area contributed by atoms with Gasteiger partial charge in [-0.05, 0) is 61.1 Å². The third kappa shape index (κ3) is 5.81. The van der Waals surface area contributed by atoms with E-state index in [-0.39, 0.29) is 23.8 Å². The lowest BCUT2D eigenvalue weighted by atomic mass is 9.90. The zero-order chi connectivity index (χ0) is 29.6. The Balaban J connectivity index is 1.75. The third-order valence-electron chi connectivity index (χ3n) is 6.59. The van der Waals surface area contributed by atoms with Gasteiger partial charge in [0, 0.05) is 24.1 Å². The van der Waals surface area contributed by atoms with Crippen molar-refractivity contribution in [3.8, 4) is 22.7 Å². The van der Waals surface area contributed by atoms with E-state index in [4.69, 9.17) is 9.47 Å². The molecule has 0 aliphatic rings. The number of hydrogen-bond acceptors (Lipinski definition) is 7. The number of hydrogen-bond donors (Lipinski definition) is 0. The average Bonchev–Trinajstić information content (AvgIpc) is 3.27. The minimum Gasteiger partial charge on any atom is -0.481 e. The lowest BCUT2D eigenvalue weighted by Gasteiger charge is -2.26. The summed E-state index contributed by atoms with van der Waals surface area (Å²) < 4.78 is 57.5. The number of aromatic nitrogens is 3. The van der Waals surface area contributed by atoms with Crippen molar-refractivity contribution in [3.63, 3.8) is 0 Å². The standard InChI is InChI=1S/C28H28F3N3O5S/c1-15-7-9-20(38-14-24(36)39-16(2)27(3,4)5)18(11-15)25-19-12-17(8-10-21(19)40-32-25)34-23(35)13-22(28(29,30)31)33(6)26(34)37/h7-13,16H,14H2,1-6H3. The quantitative estimate of drug-likeness (QED) is 0.282. The molecule has 1 unspecified atom stereocenters. The van der Waals surface area contributed by atoms with Crippen molar-refractivity contribution in [2.24, 2.45) is 12.5 Å². The van der Waals surface area contributed by atoms with Crippen LogP contribution in [0.1, 0.15) is 39.0 Å². The summed E-state index contributed by atoms with van der Waals surface area (Å²) in [5.41, 5.74) is -1.82. The summed E-state index contributed by atoms with van der Waals surface area (Å²) in [6.45, 7) is 9.22. The van der Waals surface area contributed by atoms with Gasteiger partial charge in [-0.25, -0.2) is 14.2 Å². The van der Waals surface area contributed by atoms with Gasteiger partial charge in [-0.15, -0.1) is 0 Å². The number of carbonyl (C=O) groups is 1. The van der Waals surface area contributed by atoms with Gasteiger partial charge >= 0.3 is 17.8 Å². The second-order valence-corrected chi connectivity index (χ2v) is 11.3. The van der Waals surface area contributed by atoms with Crippen LogP contribution in [-0.2, 0) is 22.8 Å². The minimum absolute atomic E-state index is 0.0862. The second kappa shape index (κ2) is 10.6. The summed E-state index contributed by atoms with van der Waals surface area (Å²) in [5, 5.41) is 0.552. The number of halogens is 3. The van der Waals surface area contributed by atoms with Gasteiger partial charge in [0.05, 0.1) is 16.1 Å². The summed E-state index contributed by atoms with van der Waals surface area (Å²) in [7, 11) is 0.959. The largest absolute Gasteiger partial charge is 0.481 e. The van der Waals surface area contributed by atoms with Crippen LogP contribution in [0.3, 0.4) is 0 Å². The Morgan fingerprint density at radius 2 is 1.77 bits per heavy atom. The zero-order valence-electron chi connectivity index (χ0n) is 22.8. The van der Waals surface area contributed by atoms with E-state index in [2.05, 4.69) is 4.37 Å². The number of alkyl halides is 3. The number of aryl methyl sites for hydroxylation is 1. The van der Waals surface area contributed by atoms with Gasteiger partial charge in [-0.3, -0.25) is 9.36 Å². The molecule has 0 fully saturated rings. The first-order chi connectivity index (χ1) is 18.6. The monoisotopic (exact) mass is 575 g/mol. The number of benzene rings is 2. The molecule has 4 aromatic rings. The van der Waals surface area contributed by atoms with E-state index in [1.807, 2.05) is 46.8 Å². The first-order valence-corrected chi connectivity index (χ1v) is 13.1. The molecule has 2 aromatic heterocycles. The predicted molar refractivity (Wildman–Crippen MR) is 146 cm³/mol. The van der Waals surface area contributed by atoms with Crippen LogP contribution in [0, 0.1) is 12.3 Å². The Bertz CT molecular complexity index is 1710. The second-order valence-electron chi connectivity index (χ2n) is 10.5. The van der Waals surface area contributed by atoms with Gasteiger partial charge in [0.25, 0.3) is 5.56 Å². The van der Waals surface area contributed by atoms with Gasteiger partial charge in [-0.1, -0.05) is 32.4 Å². The van der Waals surface area contributed by atoms with E-state index in [9.17, 15) is 27.6 Å². The molecule has 0 saturated carbocycles. The number of rotatable bonds is 6. The van der Waals surface area contributed by atoms with Crippen LogP contribution in [0.2, 0.25) is 0 Å². The SMILES string of the molecule is Cc1ccc(OCC(=O)OC(C)C(C)(C)C)c(-c2nsc3ccc(-n4c(=O)cc(C(F)(F)F)n(C)c4=O)cc23)c1. The molecule has 0 aliphatic heterocycles. The Labute approximate surface area is 231 Å². The lowest BCUT2D eigenvalue weighted by molar-refractivity contribution is -0.155. The van der Waals surface area contributed by atoms with Crippen molar-refractivity contribution in [1.29, 1.82) is 0 Å². The summed E-state index contributed by atoms with van der Waals surface area (Å²) in [6.07, 6.45) is -5.19. The molecule has 4 rings (SSSR count). The van der Waals surface area contributed by atoms with Crippen LogP contribution < -0.4 is 16.0 Å². The number of fused-ring (bicyclic) bond motifs is 1. The van der Waals surface area contributed by atoms with Crippen molar-refractivity contribution < 1.29 is 27.4 Å². The normalized spacial score (nSPS) is 12.9. The molecule has 8 nitrogen and oxygen atoms in total. The highest BCUT2D eigenvalue weighted by Gasteiger charge is 2.35. The molecule has 0 aliphatic carbocycles. The average molecular weight is 576 g/mol. The Kier molecular flexibility index (Phi) is 7.68. The van der Waals surface area contributed by atoms with Crippen molar-refractivity contribution in [3.05, 3.63) is 74.6 Å². The molecular weight excluding hydrogens is 547 g/mol. The Morgan fingerprint density at radius 3 is 2.42 bits per heavy atom. The molecule has 2 heterocycles. The molecule has 12 heteroatoms. The van der Waals surface area contributed by atoms with Crippen molar-refractivity contribution in [2.75, 3.05) is 6.61 Å². The van der Waals surface area contributed by atoms with E-state index >= 15 is 0 Å². The zero-order valence-corrected chi connectivity index (χ0v) is 23.6. The molecule has 0 bridgehead atoms. The van der Waals surface area contributed by atoms with Crippen LogP contribution in [-0.4, -0.2) is 32.2 Å². The van der Waals surface area contributed by atoms with Gasteiger partial charge < -0.3 is 9.47 Å². The van der Waals surface area contributed by atoms with E-state index in [0.29, 0.717) is 42.3 Å². The van der Waals surface area contributed by atoms with E-state index in [1.54, 1.807) is 12.1 Å². The maximum atomic E-state index is 13.3. The molecule has 0 saturated heterocycles. The van der Waals surface area contributed by atoms with Crippen LogP contribution in [0.5, 0.6) is 5.75 Å². The van der Waals surface area contributed by atoms with Crippen molar-refractivity contribution >= 4 is 27.6 Å². The number of esters is 1. The topological polar surface area (TPSA) is 92.4 Å². The molecular formula is C28H28F3N3O5S. The van der Waals surface area contributed by atoms with Crippen molar-refractivity contribution in [1.82, 2.24) is 13.5 Å². The van der Waals surface area contributed by atoms with E-state index < -0.39 is 29.1 Å². The van der Waals surface area contributed by atoms with Gasteiger partial charge in [0.15, 0.2) is 6.61 Å². The van der Waals surface area contributed by atoms with E-state index in [1.165, 1.54) is 12.1 Å². The molecule has 1 atom stereocenters. The molecule has 212 valence electrons. The Morgan fingerprint density at radius 1 is 1.07 bits per heavy atom. The first-order valence-electron chi connectivity index (χ1n) is 12.3. The van der Waals surface area contributed by atoms with Crippen LogP contribution in [0.25, 0.3) is 27.0 Å². The predicted octanol–water partition coefficient (Wildman–Crippen LogP) is 5.50. The highest BCUT2D eigenvalue weighted by atomic mass is 32.1.